The predicted octanol–water partition coefficient (Wildman–Crippen LogP) is 5.25. The topological polar surface area (TPSA) is 26.3 Å². The number of allylic oxidation sites excluding steroid dienone is 1. The number of hydrogen-bond acceptors (Lipinski definition) is 2. The molecule has 0 aliphatic rings. The highest BCUT2D eigenvalue weighted by molar-refractivity contribution is 5.86. The van der Waals surface area contributed by atoms with E-state index in [0.29, 0.717) is 12.2 Å². The standard InChI is InChI=1S/C6H10O2.C4H8.4CH4/c1-4-8-6(7)5(2)3;1-4(2)3;;;;/h2,4H2,1,3H3;1H2,2-3H3;4*1H4. The van der Waals surface area contributed by atoms with E-state index in [-0.39, 0.29) is 35.7 Å². The van der Waals surface area contributed by atoms with Gasteiger partial charge in [-0.1, -0.05) is 41.9 Å². The van der Waals surface area contributed by atoms with Crippen molar-refractivity contribution in [1.29, 1.82) is 0 Å². The van der Waals surface area contributed by atoms with Gasteiger partial charge in [0, 0.05) is 5.57 Å². The molecule has 0 amide bonds. The largest absolute Gasteiger partial charge is 0.463 e. The Bertz CT molecular complexity index is 166. The van der Waals surface area contributed by atoms with Crippen molar-refractivity contribution in [1.82, 2.24) is 0 Å². The van der Waals surface area contributed by atoms with Gasteiger partial charge >= 0.3 is 5.97 Å². The maximum Gasteiger partial charge on any atom is 0.333 e. The summed E-state index contributed by atoms with van der Waals surface area (Å²) in [6.07, 6.45) is 0. The average molecular weight is 234 g/mol. The molecule has 0 unspecified atom stereocenters. The van der Waals surface area contributed by atoms with Gasteiger partial charge in [0.2, 0.25) is 0 Å². The molecule has 16 heavy (non-hydrogen) atoms. The van der Waals surface area contributed by atoms with Gasteiger partial charge < -0.3 is 4.74 Å². The summed E-state index contributed by atoms with van der Waals surface area (Å²) in [4.78, 5) is 10.4. The number of carbonyl (C=O) groups is 1. The summed E-state index contributed by atoms with van der Waals surface area (Å²) < 4.78 is 4.56. The van der Waals surface area contributed by atoms with Crippen LogP contribution in [0, 0.1) is 0 Å². The SMILES string of the molecule is C.C.C.C.C=C(C)C.C=C(C)C(=O)OCC. The Morgan fingerprint density at radius 1 is 1.00 bits per heavy atom. The Labute approximate surface area is 104 Å². The van der Waals surface area contributed by atoms with E-state index < -0.39 is 0 Å². The highest BCUT2D eigenvalue weighted by atomic mass is 16.5. The molecule has 102 valence electrons. The lowest BCUT2D eigenvalue weighted by molar-refractivity contribution is -0.138. The summed E-state index contributed by atoms with van der Waals surface area (Å²) in [5.41, 5.74) is 1.62. The third kappa shape index (κ3) is 52.2. The minimum absolute atomic E-state index is 0. The molecule has 2 heteroatoms. The van der Waals surface area contributed by atoms with Crippen molar-refractivity contribution in [2.75, 3.05) is 6.61 Å². The number of rotatable bonds is 2. The molecule has 0 spiro atoms. The summed E-state index contributed by atoms with van der Waals surface area (Å²) in [6.45, 7) is 14.7. The van der Waals surface area contributed by atoms with Crippen LogP contribution < -0.4 is 0 Å². The van der Waals surface area contributed by atoms with Gasteiger partial charge in [-0.05, 0) is 27.7 Å². The fourth-order valence-corrected chi connectivity index (χ4v) is 0.254. The summed E-state index contributed by atoms with van der Waals surface area (Å²) >= 11 is 0. The van der Waals surface area contributed by atoms with Crippen LogP contribution in [0.5, 0.6) is 0 Å². The van der Waals surface area contributed by atoms with Gasteiger partial charge in [0.1, 0.15) is 0 Å². The molecule has 0 aliphatic heterocycles. The zero-order valence-electron chi connectivity index (χ0n) is 8.44. The molecule has 0 aliphatic carbocycles. The lowest BCUT2D eigenvalue weighted by atomic mass is 10.4. The zero-order chi connectivity index (χ0) is 10.1. The molecule has 0 aromatic heterocycles. The number of ether oxygens (including phenoxy) is 1. The van der Waals surface area contributed by atoms with Gasteiger partial charge in [0.05, 0.1) is 6.61 Å². The third-order valence-corrected chi connectivity index (χ3v) is 0.624. The fraction of sp³-hybridized carbons (Fsp3) is 0.643. The molecule has 0 atom stereocenters. The van der Waals surface area contributed by atoms with E-state index in [1.807, 2.05) is 13.8 Å². The van der Waals surface area contributed by atoms with Crippen LogP contribution in [0.15, 0.2) is 24.3 Å². The van der Waals surface area contributed by atoms with Crippen LogP contribution in [-0.2, 0) is 9.53 Å². The second kappa shape index (κ2) is 23.6. The summed E-state index contributed by atoms with van der Waals surface area (Å²) in [7, 11) is 0. The summed E-state index contributed by atoms with van der Waals surface area (Å²) in [5, 5.41) is 0. The van der Waals surface area contributed by atoms with Crippen molar-refractivity contribution < 1.29 is 9.53 Å². The van der Waals surface area contributed by atoms with Gasteiger partial charge in [-0.25, -0.2) is 4.79 Å². The van der Waals surface area contributed by atoms with E-state index in [1.54, 1.807) is 13.8 Å². The Morgan fingerprint density at radius 2 is 1.25 bits per heavy atom. The van der Waals surface area contributed by atoms with E-state index in [4.69, 9.17) is 0 Å². The van der Waals surface area contributed by atoms with Crippen molar-refractivity contribution in [2.24, 2.45) is 0 Å². The molecule has 0 radical (unpaired) electrons. The van der Waals surface area contributed by atoms with E-state index in [9.17, 15) is 4.79 Å². The Morgan fingerprint density at radius 3 is 1.31 bits per heavy atom. The lowest BCUT2D eigenvalue weighted by Crippen LogP contribution is -2.03. The first-order valence-electron chi connectivity index (χ1n) is 3.86. The van der Waals surface area contributed by atoms with Gasteiger partial charge in [-0.3, -0.25) is 0 Å². The average Bonchev–Trinajstić information content (AvgIpc) is 1.86. The second-order valence-corrected chi connectivity index (χ2v) is 2.71. The van der Waals surface area contributed by atoms with Crippen molar-refractivity contribution in [3.05, 3.63) is 24.3 Å². The molecule has 0 aromatic carbocycles. The van der Waals surface area contributed by atoms with Gasteiger partial charge in [-0.2, -0.15) is 0 Å². The van der Waals surface area contributed by atoms with Crippen LogP contribution in [0.1, 0.15) is 57.4 Å². The molecule has 0 rings (SSSR count). The van der Waals surface area contributed by atoms with Crippen LogP contribution in [0.2, 0.25) is 0 Å². The van der Waals surface area contributed by atoms with Crippen LogP contribution in [-0.4, -0.2) is 12.6 Å². The molecule has 0 bridgehead atoms. The zero-order valence-corrected chi connectivity index (χ0v) is 8.44. The lowest BCUT2D eigenvalue weighted by Gasteiger charge is -1.96. The molecular weight excluding hydrogens is 200 g/mol. The molecule has 0 heterocycles. The van der Waals surface area contributed by atoms with Crippen LogP contribution >= 0.6 is 0 Å². The van der Waals surface area contributed by atoms with Crippen LogP contribution in [0.3, 0.4) is 0 Å². The Balaban J connectivity index is -0.0000000281. The first-order valence-corrected chi connectivity index (χ1v) is 3.86. The smallest absolute Gasteiger partial charge is 0.333 e. The van der Waals surface area contributed by atoms with Crippen molar-refractivity contribution in [2.45, 2.75) is 57.4 Å². The van der Waals surface area contributed by atoms with Crippen molar-refractivity contribution in [3.63, 3.8) is 0 Å². The maximum atomic E-state index is 10.4. The molecule has 0 fully saturated rings. The minimum Gasteiger partial charge on any atom is -0.463 e. The molecule has 0 saturated carbocycles. The molecule has 2 nitrogen and oxygen atoms in total. The predicted molar refractivity (Wildman–Crippen MR) is 78.9 cm³/mol. The number of esters is 1. The molecule has 0 N–H and O–H groups in total. The van der Waals surface area contributed by atoms with Crippen molar-refractivity contribution >= 4 is 5.97 Å². The van der Waals surface area contributed by atoms with Crippen molar-refractivity contribution in [3.8, 4) is 0 Å². The number of hydrogen-bond donors (Lipinski definition) is 0. The normalized spacial score (nSPS) is 5.75. The van der Waals surface area contributed by atoms with Gasteiger partial charge in [-0.15, -0.1) is 6.58 Å². The van der Waals surface area contributed by atoms with E-state index in [1.165, 1.54) is 5.57 Å². The quantitative estimate of drug-likeness (QED) is 0.370. The monoisotopic (exact) mass is 234 g/mol. The molecular formula is C14H34O2. The first-order chi connectivity index (χ1) is 5.41. The molecule has 0 aromatic rings. The van der Waals surface area contributed by atoms with Crippen LogP contribution in [0.25, 0.3) is 0 Å². The maximum absolute atomic E-state index is 10.4. The Hall–Kier alpha value is -1.05. The minimum atomic E-state index is -0.312. The van der Waals surface area contributed by atoms with E-state index >= 15 is 0 Å². The van der Waals surface area contributed by atoms with E-state index in [0.717, 1.165) is 0 Å². The highest BCUT2D eigenvalue weighted by Gasteiger charge is 1.98. The van der Waals surface area contributed by atoms with Gasteiger partial charge in [0.15, 0.2) is 0 Å². The Kier molecular flexibility index (Phi) is 53.6. The summed E-state index contributed by atoms with van der Waals surface area (Å²) in [5.74, 6) is -0.312. The summed E-state index contributed by atoms with van der Waals surface area (Å²) in [6, 6.07) is 0. The van der Waals surface area contributed by atoms with E-state index in [2.05, 4.69) is 17.9 Å². The van der Waals surface area contributed by atoms with Gasteiger partial charge in [0.25, 0.3) is 0 Å². The fourth-order valence-electron chi connectivity index (χ4n) is 0.254. The molecule has 0 saturated heterocycles. The number of carbonyl (C=O) groups excluding carboxylic acids is 1. The highest BCUT2D eigenvalue weighted by Crippen LogP contribution is 1.89. The second-order valence-electron chi connectivity index (χ2n) is 2.71. The third-order valence-electron chi connectivity index (χ3n) is 0.624. The van der Waals surface area contributed by atoms with Crippen LogP contribution in [0.4, 0.5) is 0 Å². The first kappa shape index (κ1) is 36.3.